The van der Waals surface area contributed by atoms with E-state index in [1.807, 2.05) is 0 Å². The summed E-state index contributed by atoms with van der Waals surface area (Å²) in [5, 5.41) is 9.13. The highest BCUT2D eigenvalue weighted by Crippen LogP contribution is 2.28. The summed E-state index contributed by atoms with van der Waals surface area (Å²) in [6.07, 6.45) is 0. The van der Waals surface area contributed by atoms with Crippen molar-refractivity contribution < 1.29 is 18.3 Å². The molecule has 0 saturated heterocycles. The zero-order valence-corrected chi connectivity index (χ0v) is 8.05. The first-order valence-electron chi connectivity index (χ1n) is 4.52. The molecule has 0 heterocycles. The first-order valence-corrected chi connectivity index (χ1v) is 4.52. The number of hydrogen-bond acceptors (Lipinski definition) is 1. The first-order chi connectivity index (χ1) is 7.59. The van der Waals surface area contributed by atoms with Gasteiger partial charge in [-0.1, -0.05) is 18.2 Å². The Bertz CT molecular complexity index is 538. The van der Waals surface area contributed by atoms with Gasteiger partial charge in [0.15, 0.2) is 23.2 Å². The minimum absolute atomic E-state index is 0.0182. The average Bonchev–Trinajstić information content (AvgIpc) is 2.26. The predicted octanol–water partition coefficient (Wildman–Crippen LogP) is 3.48. The highest BCUT2D eigenvalue weighted by atomic mass is 19.2. The lowest BCUT2D eigenvalue weighted by Gasteiger charge is -2.05. The molecule has 0 aliphatic heterocycles. The minimum atomic E-state index is -1.02. The van der Waals surface area contributed by atoms with Crippen LogP contribution < -0.4 is 0 Å². The van der Waals surface area contributed by atoms with Crippen molar-refractivity contribution in [2.24, 2.45) is 0 Å². The average molecular weight is 224 g/mol. The van der Waals surface area contributed by atoms with Crippen LogP contribution in [0.3, 0.4) is 0 Å². The molecule has 0 aromatic heterocycles. The molecule has 0 spiro atoms. The van der Waals surface area contributed by atoms with E-state index in [2.05, 4.69) is 0 Å². The second-order valence-electron chi connectivity index (χ2n) is 3.27. The summed E-state index contributed by atoms with van der Waals surface area (Å²) in [4.78, 5) is 0. The van der Waals surface area contributed by atoms with Crippen LogP contribution in [-0.2, 0) is 0 Å². The lowest BCUT2D eigenvalue weighted by molar-refractivity contribution is 0.432. The van der Waals surface area contributed by atoms with E-state index in [9.17, 15) is 13.2 Å². The molecular formula is C12H7F3O. The van der Waals surface area contributed by atoms with E-state index in [1.165, 1.54) is 18.2 Å². The summed E-state index contributed by atoms with van der Waals surface area (Å²) < 4.78 is 39.1. The van der Waals surface area contributed by atoms with E-state index >= 15 is 0 Å². The molecule has 0 bridgehead atoms. The number of aromatic hydroxyl groups is 1. The molecule has 2 rings (SSSR count). The Balaban J connectivity index is 2.59. The van der Waals surface area contributed by atoms with Crippen molar-refractivity contribution in [2.45, 2.75) is 0 Å². The van der Waals surface area contributed by atoms with Crippen LogP contribution in [0.2, 0.25) is 0 Å². The van der Waals surface area contributed by atoms with Gasteiger partial charge in [-0.2, -0.15) is 0 Å². The van der Waals surface area contributed by atoms with Gasteiger partial charge in [0.05, 0.1) is 0 Å². The van der Waals surface area contributed by atoms with Gasteiger partial charge in [-0.25, -0.2) is 13.2 Å². The van der Waals surface area contributed by atoms with Gasteiger partial charge in [-0.3, -0.25) is 0 Å². The van der Waals surface area contributed by atoms with Crippen LogP contribution in [0.4, 0.5) is 13.2 Å². The van der Waals surface area contributed by atoms with Crippen LogP contribution >= 0.6 is 0 Å². The van der Waals surface area contributed by atoms with Gasteiger partial charge in [-0.15, -0.1) is 0 Å². The quantitative estimate of drug-likeness (QED) is 0.786. The smallest absolute Gasteiger partial charge is 0.166 e. The Hall–Kier alpha value is -1.97. The molecule has 4 heteroatoms. The largest absolute Gasteiger partial charge is 0.505 e. The molecule has 82 valence electrons. The van der Waals surface area contributed by atoms with E-state index in [1.54, 1.807) is 0 Å². The second kappa shape index (κ2) is 3.89. The third-order valence-corrected chi connectivity index (χ3v) is 2.21. The molecule has 1 N–H and O–H groups in total. The molecule has 2 aromatic carbocycles. The molecule has 0 atom stereocenters. The van der Waals surface area contributed by atoms with E-state index in [-0.39, 0.29) is 11.1 Å². The number of halogens is 3. The zero-order valence-electron chi connectivity index (χ0n) is 8.05. The van der Waals surface area contributed by atoms with Gasteiger partial charge in [0, 0.05) is 5.56 Å². The molecule has 0 fully saturated rings. The van der Waals surface area contributed by atoms with Crippen molar-refractivity contribution in [1.82, 2.24) is 0 Å². The zero-order chi connectivity index (χ0) is 11.7. The van der Waals surface area contributed by atoms with Crippen molar-refractivity contribution in [3.05, 3.63) is 53.8 Å². The van der Waals surface area contributed by atoms with Crippen LogP contribution in [0.25, 0.3) is 11.1 Å². The number of phenols is 1. The molecule has 0 radical (unpaired) electrons. The maximum absolute atomic E-state index is 13.4. The molecule has 0 aliphatic rings. The van der Waals surface area contributed by atoms with Gasteiger partial charge in [0.25, 0.3) is 0 Å². The highest BCUT2D eigenvalue weighted by Gasteiger charge is 2.11. The van der Waals surface area contributed by atoms with Crippen molar-refractivity contribution in [3.63, 3.8) is 0 Å². The first kappa shape index (κ1) is 10.5. The fourth-order valence-corrected chi connectivity index (χ4v) is 1.41. The fourth-order valence-electron chi connectivity index (χ4n) is 1.41. The molecule has 1 nitrogen and oxygen atoms in total. The van der Waals surface area contributed by atoms with E-state index in [0.29, 0.717) is 0 Å². The maximum Gasteiger partial charge on any atom is 0.166 e. The Morgan fingerprint density at radius 3 is 2.31 bits per heavy atom. The van der Waals surface area contributed by atoms with E-state index in [0.717, 1.165) is 18.2 Å². The Morgan fingerprint density at radius 2 is 1.62 bits per heavy atom. The Morgan fingerprint density at radius 1 is 0.875 bits per heavy atom. The third-order valence-electron chi connectivity index (χ3n) is 2.21. The van der Waals surface area contributed by atoms with Crippen molar-refractivity contribution in [3.8, 4) is 16.9 Å². The third kappa shape index (κ3) is 1.74. The molecular weight excluding hydrogens is 217 g/mol. The Labute approximate surface area is 89.8 Å². The van der Waals surface area contributed by atoms with Gasteiger partial charge < -0.3 is 5.11 Å². The number of benzene rings is 2. The number of phenolic OH excluding ortho intramolecular Hbond substituents is 1. The van der Waals surface area contributed by atoms with Crippen molar-refractivity contribution in [2.75, 3.05) is 0 Å². The summed E-state index contributed by atoms with van der Waals surface area (Å²) in [5.41, 5.74) is 0.200. The lowest BCUT2D eigenvalue weighted by atomic mass is 10.0. The molecule has 2 aromatic rings. The predicted molar refractivity (Wildman–Crippen MR) is 53.4 cm³/mol. The normalized spacial score (nSPS) is 10.4. The number of rotatable bonds is 1. The monoisotopic (exact) mass is 224 g/mol. The summed E-state index contributed by atoms with van der Waals surface area (Å²) in [6, 6.07) is 7.00. The second-order valence-corrected chi connectivity index (χ2v) is 3.27. The van der Waals surface area contributed by atoms with Crippen LogP contribution in [0, 0.1) is 17.5 Å². The van der Waals surface area contributed by atoms with Gasteiger partial charge in [-0.05, 0) is 23.8 Å². The highest BCUT2D eigenvalue weighted by molar-refractivity contribution is 5.65. The standard InChI is InChI=1S/C12H7F3O/c13-9-5-4-7(6-11(9)16)8-2-1-3-10(14)12(8)15/h1-6,16H. The van der Waals surface area contributed by atoms with Crippen LogP contribution in [0.5, 0.6) is 5.75 Å². The molecule has 0 unspecified atom stereocenters. The summed E-state index contributed by atoms with van der Waals surface area (Å²) in [6.45, 7) is 0. The SMILES string of the molecule is Oc1cc(-c2cccc(F)c2F)ccc1F. The van der Waals surface area contributed by atoms with Crippen molar-refractivity contribution in [1.29, 1.82) is 0 Å². The lowest BCUT2D eigenvalue weighted by Crippen LogP contribution is -1.89. The molecule has 0 aliphatic carbocycles. The Kier molecular flexibility index (Phi) is 2.56. The minimum Gasteiger partial charge on any atom is -0.505 e. The van der Waals surface area contributed by atoms with Crippen molar-refractivity contribution >= 4 is 0 Å². The van der Waals surface area contributed by atoms with Crippen LogP contribution in [0.1, 0.15) is 0 Å². The molecule has 0 amide bonds. The number of hydrogen-bond donors (Lipinski definition) is 1. The molecule has 0 saturated carbocycles. The van der Waals surface area contributed by atoms with Gasteiger partial charge in [0.2, 0.25) is 0 Å². The topological polar surface area (TPSA) is 20.2 Å². The van der Waals surface area contributed by atoms with Crippen LogP contribution in [0.15, 0.2) is 36.4 Å². The van der Waals surface area contributed by atoms with Gasteiger partial charge in [0.1, 0.15) is 0 Å². The van der Waals surface area contributed by atoms with Crippen LogP contribution in [-0.4, -0.2) is 5.11 Å². The summed E-state index contributed by atoms with van der Waals surface area (Å²) >= 11 is 0. The van der Waals surface area contributed by atoms with E-state index in [4.69, 9.17) is 5.11 Å². The fraction of sp³-hybridized carbons (Fsp3) is 0. The summed E-state index contributed by atoms with van der Waals surface area (Å²) in [7, 11) is 0. The maximum atomic E-state index is 13.4. The molecule has 16 heavy (non-hydrogen) atoms. The summed E-state index contributed by atoms with van der Waals surface area (Å²) in [5.74, 6) is -3.41. The van der Waals surface area contributed by atoms with E-state index < -0.39 is 23.2 Å². The van der Waals surface area contributed by atoms with Gasteiger partial charge >= 0.3 is 0 Å².